The fraction of sp³-hybridized carbons (Fsp3) is 0.706. The van der Waals surface area contributed by atoms with E-state index < -0.39 is 0 Å². The second-order valence-corrected chi connectivity index (χ2v) is 7.16. The summed E-state index contributed by atoms with van der Waals surface area (Å²) in [5, 5.41) is 4.67. The molecule has 0 aliphatic heterocycles. The third-order valence-electron chi connectivity index (χ3n) is 3.50. The van der Waals surface area contributed by atoms with Crippen molar-refractivity contribution < 1.29 is 0 Å². The highest BCUT2D eigenvalue weighted by Gasteiger charge is 2.09. The zero-order valence-electron chi connectivity index (χ0n) is 14.4. The van der Waals surface area contributed by atoms with Gasteiger partial charge in [-0.2, -0.15) is 0 Å². The second kappa shape index (κ2) is 9.21. The molecule has 3 nitrogen and oxygen atoms in total. The van der Waals surface area contributed by atoms with Crippen molar-refractivity contribution in [1.29, 1.82) is 0 Å². The maximum absolute atomic E-state index is 4.56. The van der Waals surface area contributed by atoms with Gasteiger partial charge in [0.15, 0.2) is 5.13 Å². The third kappa shape index (κ3) is 6.18. The quantitative estimate of drug-likeness (QED) is 0.738. The van der Waals surface area contributed by atoms with Crippen molar-refractivity contribution in [3.63, 3.8) is 0 Å². The van der Waals surface area contributed by atoms with E-state index >= 15 is 0 Å². The Morgan fingerprint density at radius 3 is 2.48 bits per heavy atom. The van der Waals surface area contributed by atoms with Crippen molar-refractivity contribution in [3.05, 3.63) is 16.6 Å². The first-order chi connectivity index (χ1) is 9.97. The van der Waals surface area contributed by atoms with Gasteiger partial charge in [-0.15, -0.1) is 0 Å². The molecule has 0 saturated heterocycles. The van der Waals surface area contributed by atoms with Gasteiger partial charge in [0.25, 0.3) is 0 Å². The molecule has 1 heterocycles. The van der Waals surface area contributed by atoms with Crippen molar-refractivity contribution in [1.82, 2.24) is 10.3 Å². The number of aromatic nitrogens is 1. The van der Waals surface area contributed by atoms with E-state index in [0.717, 1.165) is 31.3 Å². The fourth-order valence-electron chi connectivity index (χ4n) is 2.09. The molecule has 1 aromatic rings. The lowest BCUT2D eigenvalue weighted by Gasteiger charge is -2.16. The molecule has 0 radical (unpaired) electrons. The number of anilines is 1. The SMILES string of the molecule is CCN(CC)c1ncc(C=C(CNCC(C)C)C(C)C)s1. The van der Waals surface area contributed by atoms with Crippen molar-refractivity contribution >= 4 is 22.5 Å². The average Bonchev–Trinajstić information content (AvgIpc) is 2.87. The molecule has 0 spiro atoms. The van der Waals surface area contributed by atoms with Crippen molar-refractivity contribution in [2.45, 2.75) is 41.5 Å². The normalized spacial score (nSPS) is 12.5. The Balaban J connectivity index is 2.76. The van der Waals surface area contributed by atoms with E-state index in [9.17, 15) is 0 Å². The number of nitrogens with zero attached hydrogens (tertiary/aromatic N) is 2. The van der Waals surface area contributed by atoms with Gasteiger partial charge >= 0.3 is 0 Å². The molecule has 0 bridgehead atoms. The summed E-state index contributed by atoms with van der Waals surface area (Å²) < 4.78 is 0. The first-order valence-electron chi connectivity index (χ1n) is 8.09. The Morgan fingerprint density at radius 2 is 1.95 bits per heavy atom. The summed E-state index contributed by atoms with van der Waals surface area (Å²) >= 11 is 1.79. The zero-order chi connectivity index (χ0) is 15.8. The molecule has 1 aromatic heterocycles. The van der Waals surface area contributed by atoms with Crippen LogP contribution in [0.15, 0.2) is 11.8 Å². The van der Waals surface area contributed by atoms with E-state index in [4.69, 9.17) is 0 Å². The molecule has 1 rings (SSSR count). The molecule has 0 aromatic carbocycles. The molecule has 0 amide bonds. The van der Waals surface area contributed by atoms with Crippen molar-refractivity contribution in [2.75, 3.05) is 31.1 Å². The van der Waals surface area contributed by atoms with Crippen LogP contribution in [0.5, 0.6) is 0 Å². The highest BCUT2D eigenvalue weighted by molar-refractivity contribution is 7.16. The average molecular weight is 310 g/mol. The molecule has 0 unspecified atom stereocenters. The topological polar surface area (TPSA) is 28.2 Å². The molecule has 1 N–H and O–H groups in total. The van der Waals surface area contributed by atoms with E-state index in [1.54, 1.807) is 11.3 Å². The van der Waals surface area contributed by atoms with Crippen LogP contribution in [0, 0.1) is 11.8 Å². The van der Waals surface area contributed by atoms with Gasteiger partial charge in [-0.3, -0.25) is 0 Å². The zero-order valence-corrected chi connectivity index (χ0v) is 15.3. The number of nitrogens with one attached hydrogen (secondary N) is 1. The number of rotatable bonds is 9. The first kappa shape index (κ1) is 18.2. The Bertz CT molecular complexity index is 431. The van der Waals surface area contributed by atoms with Crippen LogP contribution < -0.4 is 10.2 Å². The van der Waals surface area contributed by atoms with Gasteiger partial charge < -0.3 is 10.2 Å². The predicted molar refractivity (Wildman–Crippen MR) is 96.2 cm³/mol. The maximum Gasteiger partial charge on any atom is 0.185 e. The molecule has 21 heavy (non-hydrogen) atoms. The Labute approximate surface area is 134 Å². The maximum atomic E-state index is 4.56. The van der Waals surface area contributed by atoms with Crippen LogP contribution in [-0.2, 0) is 0 Å². The molecular formula is C17H31N3S. The minimum absolute atomic E-state index is 0.559. The minimum Gasteiger partial charge on any atom is -0.349 e. The van der Waals surface area contributed by atoms with Gasteiger partial charge in [0.2, 0.25) is 0 Å². The monoisotopic (exact) mass is 309 g/mol. The lowest BCUT2D eigenvalue weighted by molar-refractivity contribution is 0.558. The highest BCUT2D eigenvalue weighted by Crippen LogP contribution is 2.25. The van der Waals surface area contributed by atoms with Crippen LogP contribution >= 0.6 is 11.3 Å². The molecular weight excluding hydrogens is 278 g/mol. The van der Waals surface area contributed by atoms with Crippen molar-refractivity contribution in [3.8, 4) is 0 Å². The van der Waals surface area contributed by atoms with E-state index in [1.165, 1.54) is 10.5 Å². The number of hydrogen-bond acceptors (Lipinski definition) is 4. The Hall–Kier alpha value is -0.870. The first-order valence-corrected chi connectivity index (χ1v) is 8.91. The summed E-state index contributed by atoms with van der Waals surface area (Å²) in [4.78, 5) is 8.11. The summed E-state index contributed by atoms with van der Waals surface area (Å²) in [5.41, 5.74) is 1.45. The van der Waals surface area contributed by atoms with E-state index in [1.807, 2.05) is 6.20 Å². The summed E-state index contributed by atoms with van der Waals surface area (Å²) in [7, 11) is 0. The van der Waals surface area contributed by atoms with Crippen molar-refractivity contribution in [2.24, 2.45) is 11.8 Å². The second-order valence-electron chi connectivity index (χ2n) is 6.12. The standard InChI is InChI=1S/C17H31N3S/c1-7-20(8-2)17-19-12-16(21-17)9-15(14(5)6)11-18-10-13(3)4/h9,12-14,18H,7-8,10-11H2,1-6H3. The molecule has 0 saturated carbocycles. The van der Waals surface area contributed by atoms with Crippen LogP contribution in [0.25, 0.3) is 6.08 Å². The number of hydrogen-bond donors (Lipinski definition) is 1. The lowest BCUT2D eigenvalue weighted by atomic mass is 10.0. The van der Waals surface area contributed by atoms with Gasteiger partial charge in [0, 0.05) is 30.7 Å². The van der Waals surface area contributed by atoms with Crippen LogP contribution in [0.3, 0.4) is 0 Å². The third-order valence-corrected chi connectivity index (χ3v) is 4.50. The largest absolute Gasteiger partial charge is 0.349 e. The van der Waals surface area contributed by atoms with Crippen LogP contribution in [0.4, 0.5) is 5.13 Å². The minimum atomic E-state index is 0.559. The Morgan fingerprint density at radius 1 is 1.29 bits per heavy atom. The summed E-state index contributed by atoms with van der Waals surface area (Å²) in [5.74, 6) is 1.25. The van der Waals surface area contributed by atoms with Crippen LogP contribution in [-0.4, -0.2) is 31.2 Å². The molecule has 4 heteroatoms. The van der Waals surface area contributed by atoms with Gasteiger partial charge in [-0.25, -0.2) is 4.98 Å². The van der Waals surface area contributed by atoms with E-state index in [0.29, 0.717) is 11.8 Å². The number of thiazole rings is 1. The van der Waals surface area contributed by atoms with Gasteiger partial charge in [-0.1, -0.05) is 44.6 Å². The fourth-order valence-corrected chi connectivity index (χ4v) is 3.11. The highest BCUT2D eigenvalue weighted by atomic mass is 32.1. The van der Waals surface area contributed by atoms with Gasteiger partial charge in [0.05, 0.1) is 0 Å². The van der Waals surface area contributed by atoms with Crippen LogP contribution in [0.1, 0.15) is 46.4 Å². The smallest absolute Gasteiger partial charge is 0.185 e. The predicted octanol–water partition coefficient (Wildman–Crippen LogP) is 4.27. The summed E-state index contributed by atoms with van der Waals surface area (Å²) in [6.07, 6.45) is 4.31. The van der Waals surface area contributed by atoms with Gasteiger partial charge in [0.1, 0.15) is 0 Å². The Kier molecular flexibility index (Phi) is 7.97. The summed E-state index contributed by atoms with van der Waals surface area (Å²) in [6.45, 7) is 17.4. The van der Waals surface area contributed by atoms with E-state index in [-0.39, 0.29) is 0 Å². The molecule has 0 aliphatic carbocycles. The molecule has 120 valence electrons. The lowest BCUT2D eigenvalue weighted by Crippen LogP contribution is -2.23. The molecule has 0 atom stereocenters. The van der Waals surface area contributed by atoms with Crippen LogP contribution in [0.2, 0.25) is 0 Å². The van der Waals surface area contributed by atoms with E-state index in [2.05, 4.69) is 62.8 Å². The molecule has 0 aliphatic rings. The van der Waals surface area contributed by atoms with Gasteiger partial charge in [-0.05, 0) is 38.3 Å². The molecule has 0 fully saturated rings. The summed E-state index contributed by atoms with van der Waals surface area (Å²) in [6, 6.07) is 0.